The number of allylic oxidation sites excluding steroid dienone is 1. The van der Waals surface area contributed by atoms with Gasteiger partial charge in [-0.2, -0.15) is 5.26 Å². The summed E-state index contributed by atoms with van der Waals surface area (Å²) in [4.78, 5) is 27.4. The van der Waals surface area contributed by atoms with Gasteiger partial charge >= 0.3 is 11.9 Å². The summed E-state index contributed by atoms with van der Waals surface area (Å²) in [6.45, 7) is 0.574. The highest BCUT2D eigenvalue weighted by molar-refractivity contribution is 6.06. The number of esters is 2. The van der Waals surface area contributed by atoms with Gasteiger partial charge in [-0.3, -0.25) is 4.90 Å². The van der Waals surface area contributed by atoms with Crippen molar-refractivity contribution < 1.29 is 19.1 Å². The third kappa shape index (κ3) is 4.06. The SMILES string of the molecule is CNCc1cccc(N2C(N)=C(C#N)C(c3ccccc3)C(C(=O)OC)=C2C(=O)OC)c1. The number of methoxy groups -OCH3 is 2. The molecule has 32 heavy (non-hydrogen) atoms. The van der Waals surface area contributed by atoms with Crippen LogP contribution in [0.1, 0.15) is 17.0 Å². The number of nitrogens with one attached hydrogen (secondary N) is 1. The summed E-state index contributed by atoms with van der Waals surface area (Å²) in [6.07, 6.45) is 0. The Hall–Kier alpha value is -4.09. The number of nitrogens with zero attached hydrogens (tertiary/aromatic N) is 2. The fourth-order valence-corrected chi connectivity index (χ4v) is 3.79. The van der Waals surface area contributed by atoms with Crippen LogP contribution in [-0.2, 0) is 25.6 Å². The molecule has 164 valence electrons. The Kier molecular flexibility index (Phi) is 6.93. The lowest BCUT2D eigenvalue weighted by atomic mass is 9.81. The van der Waals surface area contributed by atoms with Crippen LogP contribution in [-0.4, -0.2) is 33.2 Å². The molecule has 0 bridgehead atoms. The van der Waals surface area contributed by atoms with Crippen LogP contribution in [0.5, 0.6) is 0 Å². The highest BCUT2D eigenvalue weighted by atomic mass is 16.5. The number of benzene rings is 2. The van der Waals surface area contributed by atoms with E-state index in [4.69, 9.17) is 15.2 Å². The second-order valence-electron chi connectivity index (χ2n) is 7.04. The normalized spacial score (nSPS) is 15.9. The van der Waals surface area contributed by atoms with Gasteiger partial charge in [0.1, 0.15) is 11.5 Å². The van der Waals surface area contributed by atoms with Crippen LogP contribution >= 0.6 is 0 Å². The third-order valence-corrected chi connectivity index (χ3v) is 5.16. The molecule has 1 aliphatic rings. The number of anilines is 1. The van der Waals surface area contributed by atoms with E-state index in [9.17, 15) is 14.9 Å². The molecule has 1 aliphatic heterocycles. The van der Waals surface area contributed by atoms with Crippen LogP contribution < -0.4 is 16.0 Å². The Balaban J connectivity index is 2.37. The van der Waals surface area contributed by atoms with Gasteiger partial charge in [0.25, 0.3) is 0 Å². The molecule has 0 saturated heterocycles. The standard InChI is InChI=1S/C24H24N4O4/c1-27-14-15-8-7-11-17(12-15)28-21(24(30)32-3)20(23(29)31-2)19(18(13-25)22(28)26)16-9-5-4-6-10-16/h4-12,19,27H,14,26H2,1-3H3. The van der Waals surface area contributed by atoms with Crippen molar-refractivity contribution in [2.45, 2.75) is 12.5 Å². The van der Waals surface area contributed by atoms with Crippen molar-refractivity contribution in [3.8, 4) is 6.07 Å². The molecule has 0 aliphatic carbocycles. The van der Waals surface area contributed by atoms with E-state index in [1.54, 1.807) is 36.4 Å². The van der Waals surface area contributed by atoms with Crippen molar-refractivity contribution >= 4 is 17.6 Å². The van der Waals surface area contributed by atoms with E-state index in [2.05, 4.69) is 11.4 Å². The first-order chi connectivity index (χ1) is 15.5. The second kappa shape index (κ2) is 9.81. The zero-order valence-electron chi connectivity index (χ0n) is 18.1. The molecular formula is C24H24N4O4. The minimum Gasteiger partial charge on any atom is -0.466 e. The molecule has 2 aromatic rings. The summed E-state index contributed by atoms with van der Waals surface area (Å²) in [6, 6.07) is 18.3. The number of nitriles is 1. The highest BCUT2D eigenvalue weighted by Crippen LogP contribution is 2.43. The fourth-order valence-electron chi connectivity index (χ4n) is 3.79. The number of carbonyl (C=O) groups excluding carboxylic acids is 2. The van der Waals surface area contributed by atoms with Crippen molar-refractivity contribution in [3.63, 3.8) is 0 Å². The average molecular weight is 432 g/mol. The maximum Gasteiger partial charge on any atom is 0.355 e. The van der Waals surface area contributed by atoms with Gasteiger partial charge in [0.2, 0.25) is 0 Å². The van der Waals surface area contributed by atoms with Crippen LogP contribution in [0.25, 0.3) is 0 Å². The van der Waals surface area contributed by atoms with Gasteiger partial charge in [0.15, 0.2) is 0 Å². The number of ether oxygens (including phenoxy) is 2. The molecule has 0 saturated carbocycles. The predicted octanol–water partition coefficient (Wildman–Crippen LogP) is 2.30. The zero-order valence-corrected chi connectivity index (χ0v) is 18.1. The highest BCUT2D eigenvalue weighted by Gasteiger charge is 2.42. The molecule has 1 unspecified atom stereocenters. The fraction of sp³-hybridized carbons (Fsp3) is 0.208. The van der Waals surface area contributed by atoms with Crippen LogP contribution in [0.4, 0.5) is 5.69 Å². The lowest BCUT2D eigenvalue weighted by Gasteiger charge is -2.36. The van der Waals surface area contributed by atoms with Gasteiger partial charge in [0, 0.05) is 12.2 Å². The minimum atomic E-state index is -0.889. The van der Waals surface area contributed by atoms with Gasteiger partial charge in [-0.25, -0.2) is 9.59 Å². The third-order valence-electron chi connectivity index (χ3n) is 5.16. The summed E-state index contributed by atoms with van der Waals surface area (Å²) in [7, 11) is 4.25. The van der Waals surface area contributed by atoms with Crippen molar-refractivity contribution in [1.29, 1.82) is 5.26 Å². The van der Waals surface area contributed by atoms with E-state index in [0.717, 1.165) is 5.56 Å². The molecule has 1 heterocycles. The monoisotopic (exact) mass is 432 g/mol. The molecule has 8 heteroatoms. The molecule has 8 nitrogen and oxygen atoms in total. The largest absolute Gasteiger partial charge is 0.466 e. The molecule has 2 aromatic carbocycles. The number of hydrogen-bond acceptors (Lipinski definition) is 8. The van der Waals surface area contributed by atoms with Crippen LogP contribution in [0.15, 0.2) is 77.3 Å². The molecular weight excluding hydrogens is 408 g/mol. The van der Waals surface area contributed by atoms with E-state index >= 15 is 0 Å². The predicted molar refractivity (Wildman–Crippen MR) is 119 cm³/mol. The summed E-state index contributed by atoms with van der Waals surface area (Å²) in [5, 5.41) is 13.1. The zero-order chi connectivity index (χ0) is 23.3. The van der Waals surface area contributed by atoms with Crippen LogP contribution in [0, 0.1) is 11.3 Å². The Morgan fingerprint density at radius 3 is 2.38 bits per heavy atom. The Labute approximate surface area is 186 Å². The molecule has 3 N–H and O–H groups in total. The van der Waals surface area contributed by atoms with Gasteiger partial charge < -0.3 is 20.5 Å². The van der Waals surface area contributed by atoms with E-state index in [1.165, 1.54) is 19.1 Å². The lowest BCUT2D eigenvalue weighted by Crippen LogP contribution is -2.40. The van der Waals surface area contributed by atoms with Gasteiger partial charge in [0.05, 0.1) is 37.4 Å². The quantitative estimate of drug-likeness (QED) is 0.668. The molecule has 0 fully saturated rings. The van der Waals surface area contributed by atoms with Crippen molar-refractivity contribution in [3.05, 3.63) is 88.4 Å². The number of nitrogens with two attached hydrogens (primary N) is 1. The first-order valence-electron chi connectivity index (χ1n) is 9.87. The Morgan fingerprint density at radius 1 is 1.09 bits per heavy atom. The summed E-state index contributed by atoms with van der Waals surface area (Å²) in [5.74, 6) is -2.38. The average Bonchev–Trinajstić information content (AvgIpc) is 2.83. The summed E-state index contributed by atoms with van der Waals surface area (Å²) in [5.41, 5.74) is 8.55. The molecule has 0 radical (unpaired) electrons. The topological polar surface area (TPSA) is 118 Å². The summed E-state index contributed by atoms with van der Waals surface area (Å²) < 4.78 is 10.1. The second-order valence-corrected chi connectivity index (χ2v) is 7.04. The van der Waals surface area contributed by atoms with Gasteiger partial charge in [-0.1, -0.05) is 42.5 Å². The maximum atomic E-state index is 13.0. The van der Waals surface area contributed by atoms with E-state index in [-0.39, 0.29) is 22.7 Å². The van der Waals surface area contributed by atoms with E-state index in [0.29, 0.717) is 17.8 Å². The molecule has 1 atom stereocenters. The molecule has 0 spiro atoms. The van der Waals surface area contributed by atoms with Gasteiger partial charge in [-0.05, 0) is 30.3 Å². The van der Waals surface area contributed by atoms with E-state index < -0.39 is 17.9 Å². The van der Waals surface area contributed by atoms with Crippen molar-refractivity contribution in [2.75, 3.05) is 26.2 Å². The van der Waals surface area contributed by atoms with Crippen LogP contribution in [0.2, 0.25) is 0 Å². The van der Waals surface area contributed by atoms with Crippen molar-refractivity contribution in [2.24, 2.45) is 5.73 Å². The number of rotatable bonds is 6. The Morgan fingerprint density at radius 2 is 1.78 bits per heavy atom. The molecule has 3 rings (SSSR count). The molecule has 0 aromatic heterocycles. The first-order valence-corrected chi connectivity index (χ1v) is 9.87. The lowest BCUT2D eigenvalue weighted by molar-refractivity contribution is -0.139. The number of carbonyl (C=O) groups is 2. The first kappa shape index (κ1) is 22.6. The Bertz CT molecular complexity index is 1130. The maximum absolute atomic E-state index is 13.0. The van der Waals surface area contributed by atoms with Crippen molar-refractivity contribution in [1.82, 2.24) is 5.32 Å². The van der Waals surface area contributed by atoms with Gasteiger partial charge in [-0.15, -0.1) is 0 Å². The van der Waals surface area contributed by atoms with Crippen LogP contribution in [0.3, 0.4) is 0 Å². The summed E-state index contributed by atoms with van der Waals surface area (Å²) >= 11 is 0. The number of hydrogen-bond donors (Lipinski definition) is 2. The minimum absolute atomic E-state index is 0.0182. The smallest absolute Gasteiger partial charge is 0.355 e. The van der Waals surface area contributed by atoms with E-state index in [1.807, 2.05) is 25.2 Å². The molecule has 0 amide bonds.